The monoisotopic (exact) mass is 748 g/mol. The number of hydrazone groups is 2. The van der Waals surface area contributed by atoms with Crippen molar-refractivity contribution in [3.8, 4) is 0 Å². The average Bonchev–Trinajstić information content (AvgIpc) is 3.42. The number of allylic oxidation sites excluding steroid dienone is 2. The maximum Gasteiger partial charge on any atom is 2.00 e. The molecule has 0 radical (unpaired) electrons. The Morgan fingerprint density at radius 1 is 0.638 bits per heavy atom. The third-order valence-electron chi connectivity index (χ3n) is 5.98. The summed E-state index contributed by atoms with van der Waals surface area (Å²) in [5.74, 6) is -0.935. The summed E-state index contributed by atoms with van der Waals surface area (Å²) in [7, 11) is 0. The first-order valence-electron chi connectivity index (χ1n) is 15.3. The molecule has 0 atom stereocenters. The smallest absolute Gasteiger partial charge is 0.875 e. The van der Waals surface area contributed by atoms with E-state index < -0.39 is 0 Å². The van der Waals surface area contributed by atoms with Crippen molar-refractivity contribution >= 4 is 34.6 Å². The molecule has 10 nitrogen and oxygen atoms in total. The van der Waals surface area contributed by atoms with Crippen molar-refractivity contribution in [2.24, 2.45) is 21.0 Å². The Bertz CT molecular complexity index is 1310. The largest absolute Gasteiger partial charge is 2.00 e. The van der Waals surface area contributed by atoms with Gasteiger partial charge in [-0.05, 0) is 75.6 Å². The number of carbonyl (C=O) groups is 2. The standard InChI is InChI=1S/2C16H20N2O2.2C2H6O.Cd/c2*1-11-14(13(19)10-16(2,3)4)15(20)18(17-11)12-8-6-5-7-9-12;2*1-2-3;/h2*5-9,19H,10H2,1-4H3;2*3H,2H2,1H3;/q;;;;+2/p-2/b2*14-13-;;;. The fourth-order valence-corrected chi connectivity index (χ4v) is 4.28. The predicted molar refractivity (Wildman–Crippen MR) is 182 cm³/mol. The molecule has 0 saturated carbocycles. The van der Waals surface area contributed by atoms with E-state index in [-0.39, 0.29) is 85.8 Å². The number of carbonyl (C=O) groups excluding carboxylic acids is 2. The topological polar surface area (TPSA) is 152 Å². The van der Waals surface area contributed by atoms with Crippen LogP contribution in [0.15, 0.2) is 93.5 Å². The Morgan fingerprint density at radius 3 is 1.13 bits per heavy atom. The molecule has 2 heterocycles. The molecule has 0 aliphatic carbocycles. The number of aliphatic hydroxyl groups is 2. The summed E-state index contributed by atoms with van der Waals surface area (Å²) in [6.07, 6.45) is 0.674. The molecule has 2 aromatic carbocycles. The Morgan fingerprint density at radius 2 is 0.894 bits per heavy atom. The summed E-state index contributed by atoms with van der Waals surface area (Å²) in [4.78, 5) is 24.8. The van der Waals surface area contributed by atoms with Crippen LogP contribution in [-0.2, 0) is 36.9 Å². The van der Waals surface area contributed by atoms with Gasteiger partial charge in [-0.1, -0.05) is 77.9 Å². The van der Waals surface area contributed by atoms with Gasteiger partial charge in [0, 0.05) is 13.2 Å². The van der Waals surface area contributed by atoms with Crippen molar-refractivity contribution in [2.75, 3.05) is 23.2 Å². The van der Waals surface area contributed by atoms with Crippen molar-refractivity contribution in [3.63, 3.8) is 0 Å². The van der Waals surface area contributed by atoms with Crippen molar-refractivity contribution in [1.82, 2.24) is 0 Å². The number of rotatable bonds is 4. The van der Waals surface area contributed by atoms with Gasteiger partial charge in [0.05, 0.1) is 33.9 Å². The molecule has 4 rings (SSSR count). The molecular formula is C36H50CdN4O6. The second-order valence-electron chi connectivity index (χ2n) is 13.0. The fraction of sp³-hybridized carbons (Fsp3) is 0.444. The van der Waals surface area contributed by atoms with Crippen LogP contribution in [-0.4, -0.2) is 46.7 Å². The van der Waals surface area contributed by atoms with Gasteiger partial charge in [-0.3, -0.25) is 9.59 Å². The van der Waals surface area contributed by atoms with E-state index in [9.17, 15) is 19.8 Å². The number of hydrogen-bond donors (Lipinski definition) is 2. The van der Waals surface area contributed by atoms with E-state index in [2.05, 4.69) is 10.2 Å². The summed E-state index contributed by atoms with van der Waals surface area (Å²) < 4.78 is 0. The van der Waals surface area contributed by atoms with E-state index in [0.29, 0.717) is 35.6 Å². The van der Waals surface area contributed by atoms with Gasteiger partial charge >= 0.3 is 27.3 Å². The molecule has 2 amide bonds. The minimum Gasteiger partial charge on any atom is -0.875 e. The van der Waals surface area contributed by atoms with E-state index in [0.717, 1.165) is 0 Å². The number of aliphatic hydroxyl groups excluding tert-OH is 2. The number of benzene rings is 2. The van der Waals surface area contributed by atoms with Gasteiger partial charge in [0.15, 0.2) is 0 Å². The van der Waals surface area contributed by atoms with Gasteiger partial charge in [0.2, 0.25) is 0 Å². The van der Waals surface area contributed by atoms with E-state index in [1.54, 1.807) is 52.0 Å². The van der Waals surface area contributed by atoms with Crippen LogP contribution in [0.3, 0.4) is 0 Å². The maximum absolute atomic E-state index is 12.4. The molecule has 2 aromatic rings. The van der Waals surface area contributed by atoms with Crippen LogP contribution in [0.25, 0.3) is 0 Å². The molecule has 0 saturated heterocycles. The second-order valence-corrected chi connectivity index (χ2v) is 13.0. The summed E-state index contributed by atoms with van der Waals surface area (Å²) in [6, 6.07) is 18.3. The maximum atomic E-state index is 12.4. The molecule has 47 heavy (non-hydrogen) atoms. The van der Waals surface area contributed by atoms with E-state index in [1.807, 2.05) is 77.9 Å². The van der Waals surface area contributed by atoms with Crippen molar-refractivity contribution in [3.05, 3.63) is 83.3 Å². The number of amides is 2. The van der Waals surface area contributed by atoms with Gasteiger partial charge in [0.25, 0.3) is 11.8 Å². The van der Waals surface area contributed by atoms with Crippen LogP contribution in [0.5, 0.6) is 0 Å². The molecule has 0 aromatic heterocycles. The van der Waals surface area contributed by atoms with E-state index in [1.165, 1.54) is 10.0 Å². The minimum atomic E-state index is -0.331. The zero-order valence-electron chi connectivity index (χ0n) is 29.6. The van der Waals surface area contributed by atoms with E-state index in [4.69, 9.17) is 10.2 Å². The Balaban J connectivity index is 0.000000757. The average molecular weight is 747 g/mol. The first-order valence-corrected chi connectivity index (χ1v) is 15.3. The summed E-state index contributed by atoms with van der Waals surface area (Å²) in [5, 5.41) is 50.7. The SMILES string of the molecule is CC1=NN(c2ccccc2)C(=O)/C1=C(\[O-])CC(C)(C)C.CC1=NN(c2ccccc2)C(=O)/C1=C(\[O-])CC(C)(C)C.CCO.CCO.[Cd+2]. The molecule has 2 aliphatic rings. The molecule has 0 fully saturated rings. The molecule has 2 N–H and O–H groups in total. The first kappa shape index (κ1) is 43.6. The zero-order valence-corrected chi connectivity index (χ0v) is 33.7. The zero-order chi connectivity index (χ0) is 35.2. The molecule has 11 heteroatoms. The molecule has 0 spiro atoms. The minimum absolute atomic E-state index is 0. The van der Waals surface area contributed by atoms with Gasteiger partial charge < -0.3 is 20.4 Å². The van der Waals surface area contributed by atoms with Crippen molar-refractivity contribution in [1.29, 1.82) is 0 Å². The van der Waals surface area contributed by atoms with Crippen LogP contribution in [0.2, 0.25) is 0 Å². The van der Waals surface area contributed by atoms with Crippen molar-refractivity contribution in [2.45, 2.75) is 82.1 Å². The Labute approximate surface area is 300 Å². The number of nitrogens with zero attached hydrogens (tertiary/aromatic N) is 4. The van der Waals surface area contributed by atoms with Crippen LogP contribution < -0.4 is 20.2 Å². The Kier molecular flexibility index (Phi) is 18.7. The van der Waals surface area contributed by atoms with Gasteiger partial charge in [-0.15, -0.1) is 11.5 Å². The normalized spacial score (nSPS) is 16.3. The molecule has 252 valence electrons. The summed E-state index contributed by atoms with van der Waals surface area (Å²) >= 11 is 0. The first-order chi connectivity index (χ1) is 21.4. The predicted octanol–water partition coefficient (Wildman–Crippen LogP) is 4.91. The van der Waals surface area contributed by atoms with Crippen LogP contribution in [0, 0.1) is 10.8 Å². The molecule has 0 unspecified atom stereocenters. The second kappa shape index (κ2) is 20.1. The summed E-state index contributed by atoms with van der Waals surface area (Å²) in [6.45, 7) is 19.1. The molecular weight excluding hydrogens is 697 g/mol. The number of para-hydroxylation sites is 2. The number of anilines is 2. The van der Waals surface area contributed by atoms with Crippen LogP contribution >= 0.6 is 0 Å². The van der Waals surface area contributed by atoms with Gasteiger partial charge in [-0.25, -0.2) is 0 Å². The number of hydrogen-bond acceptors (Lipinski definition) is 8. The van der Waals surface area contributed by atoms with E-state index >= 15 is 0 Å². The van der Waals surface area contributed by atoms with Crippen LogP contribution in [0.1, 0.15) is 82.1 Å². The fourth-order valence-electron chi connectivity index (χ4n) is 4.28. The quantitative estimate of drug-likeness (QED) is 0.258. The van der Waals surface area contributed by atoms with Gasteiger partial charge in [-0.2, -0.15) is 20.2 Å². The van der Waals surface area contributed by atoms with Crippen LogP contribution in [0.4, 0.5) is 11.4 Å². The third-order valence-corrected chi connectivity index (χ3v) is 5.98. The van der Waals surface area contributed by atoms with Crippen molar-refractivity contribution < 1.29 is 57.3 Å². The Hall–Kier alpha value is -3.36. The third kappa shape index (κ3) is 14.1. The molecule has 2 aliphatic heterocycles. The molecule has 0 bridgehead atoms. The van der Waals surface area contributed by atoms with Gasteiger partial charge in [0.1, 0.15) is 0 Å². The summed E-state index contributed by atoms with van der Waals surface area (Å²) in [5.41, 5.74) is 2.47.